The fourth-order valence-corrected chi connectivity index (χ4v) is 2.83. The van der Waals surface area contributed by atoms with Gasteiger partial charge in [-0.25, -0.2) is 0 Å². The Morgan fingerprint density at radius 2 is 2.30 bits per heavy atom. The number of likely N-dealkylation sites (tertiary alicyclic amines) is 1. The van der Waals surface area contributed by atoms with Crippen LogP contribution in [0.1, 0.15) is 36.1 Å². The molecule has 1 atom stereocenters. The largest absolute Gasteiger partial charge is 0.462 e. The number of hydrogen-bond donors (Lipinski definition) is 0. The predicted molar refractivity (Wildman–Crippen MR) is 76.0 cm³/mol. The van der Waals surface area contributed by atoms with Gasteiger partial charge in [0.25, 0.3) is 0 Å². The van der Waals surface area contributed by atoms with Crippen molar-refractivity contribution in [1.82, 2.24) is 9.88 Å². The third-order valence-corrected chi connectivity index (χ3v) is 3.75. The highest BCUT2D eigenvalue weighted by Crippen LogP contribution is 2.33. The summed E-state index contributed by atoms with van der Waals surface area (Å²) in [7, 11) is 1.69. The van der Waals surface area contributed by atoms with Gasteiger partial charge < -0.3 is 9.15 Å². The zero-order valence-corrected chi connectivity index (χ0v) is 11.8. The summed E-state index contributed by atoms with van der Waals surface area (Å²) in [5, 5.41) is 0. The minimum Gasteiger partial charge on any atom is -0.462 e. The van der Waals surface area contributed by atoms with E-state index >= 15 is 0 Å². The molecule has 20 heavy (non-hydrogen) atoms. The highest BCUT2D eigenvalue weighted by molar-refractivity contribution is 5.13. The summed E-state index contributed by atoms with van der Waals surface area (Å²) in [6.07, 6.45) is 4.20. The molecule has 0 aliphatic carbocycles. The monoisotopic (exact) mass is 272 g/mol. The number of hydrogen-bond acceptors (Lipinski definition) is 4. The van der Waals surface area contributed by atoms with Crippen molar-refractivity contribution >= 4 is 0 Å². The van der Waals surface area contributed by atoms with Crippen LogP contribution in [-0.2, 0) is 17.9 Å². The van der Waals surface area contributed by atoms with Crippen LogP contribution in [0.25, 0.3) is 0 Å². The molecule has 3 rings (SSSR count). The summed E-state index contributed by atoms with van der Waals surface area (Å²) in [6, 6.07) is 10.5. The van der Waals surface area contributed by atoms with Crippen LogP contribution in [0.15, 0.2) is 40.9 Å². The van der Waals surface area contributed by atoms with Crippen molar-refractivity contribution in [2.45, 2.75) is 32.0 Å². The second-order valence-corrected chi connectivity index (χ2v) is 5.19. The van der Waals surface area contributed by atoms with Crippen molar-refractivity contribution in [2.75, 3.05) is 13.7 Å². The maximum Gasteiger partial charge on any atom is 0.129 e. The molecule has 106 valence electrons. The normalized spacial score (nSPS) is 19.6. The minimum atomic E-state index is 0.364. The van der Waals surface area contributed by atoms with Gasteiger partial charge in [0.15, 0.2) is 0 Å². The highest BCUT2D eigenvalue weighted by atomic mass is 16.5. The maximum atomic E-state index is 5.89. The molecule has 2 aromatic rings. The number of pyridine rings is 1. The lowest BCUT2D eigenvalue weighted by molar-refractivity contribution is 0.155. The van der Waals surface area contributed by atoms with E-state index in [4.69, 9.17) is 9.15 Å². The van der Waals surface area contributed by atoms with Gasteiger partial charge in [-0.3, -0.25) is 9.88 Å². The third kappa shape index (κ3) is 2.92. The Hall–Kier alpha value is -1.65. The molecular weight excluding hydrogens is 252 g/mol. The lowest BCUT2D eigenvalue weighted by atomic mass is 10.1. The van der Waals surface area contributed by atoms with E-state index in [9.17, 15) is 0 Å². The van der Waals surface area contributed by atoms with Crippen molar-refractivity contribution in [3.8, 4) is 0 Å². The van der Waals surface area contributed by atoms with Gasteiger partial charge in [0.05, 0.1) is 11.7 Å². The molecule has 1 aliphatic rings. The Morgan fingerprint density at radius 3 is 3.10 bits per heavy atom. The first-order valence-corrected chi connectivity index (χ1v) is 7.08. The average molecular weight is 272 g/mol. The molecule has 2 aromatic heterocycles. The zero-order chi connectivity index (χ0) is 13.8. The first-order valence-electron chi connectivity index (χ1n) is 7.08. The Balaban J connectivity index is 1.71. The van der Waals surface area contributed by atoms with E-state index in [0.29, 0.717) is 12.6 Å². The van der Waals surface area contributed by atoms with Crippen molar-refractivity contribution in [3.05, 3.63) is 53.7 Å². The average Bonchev–Trinajstić information content (AvgIpc) is 3.09. The van der Waals surface area contributed by atoms with Gasteiger partial charge in [-0.1, -0.05) is 6.07 Å². The van der Waals surface area contributed by atoms with Crippen LogP contribution in [0.4, 0.5) is 0 Å². The van der Waals surface area contributed by atoms with Crippen molar-refractivity contribution in [2.24, 2.45) is 0 Å². The van der Waals surface area contributed by atoms with Gasteiger partial charge in [-0.15, -0.1) is 0 Å². The molecule has 1 saturated heterocycles. The quantitative estimate of drug-likeness (QED) is 0.838. The van der Waals surface area contributed by atoms with Gasteiger partial charge >= 0.3 is 0 Å². The fraction of sp³-hybridized carbons (Fsp3) is 0.438. The Labute approximate surface area is 119 Å². The van der Waals surface area contributed by atoms with Crippen LogP contribution in [0.3, 0.4) is 0 Å². The molecule has 0 bridgehead atoms. The van der Waals surface area contributed by atoms with Crippen LogP contribution in [-0.4, -0.2) is 23.5 Å². The lowest BCUT2D eigenvalue weighted by Crippen LogP contribution is -2.22. The Morgan fingerprint density at radius 1 is 1.35 bits per heavy atom. The topological polar surface area (TPSA) is 38.5 Å². The number of furan rings is 1. The van der Waals surface area contributed by atoms with Gasteiger partial charge in [-0.05, 0) is 43.7 Å². The summed E-state index contributed by atoms with van der Waals surface area (Å²) in [5.74, 6) is 1.94. The second kappa shape index (κ2) is 6.20. The molecule has 4 heteroatoms. The highest BCUT2D eigenvalue weighted by Gasteiger charge is 2.28. The molecule has 0 aromatic carbocycles. The predicted octanol–water partition coefficient (Wildman–Crippen LogP) is 3.16. The third-order valence-electron chi connectivity index (χ3n) is 3.75. The first-order chi connectivity index (χ1) is 9.86. The molecule has 1 fully saturated rings. The molecule has 0 spiro atoms. The summed E-state index contributed by atoms with van der Waals surface area (Å²) < 4.78 is 11.0. The van der Waals surface area contributed by atoms with E-state index in [1.54, 1.807) is 7.11 Å². The molecule has 0 saturated carbocycles. The van der Waals surface area contributed by atoms with Crippen LogP contribution >= 0.6 is 0 Å². The zero-order valence-electron chi connectivity index (χ0n) is 11.8. The number of ether oxygens (including phenoxy) is 1. The summed E-state index contributed by atoms with van der Waals surface area (Å²) >= 11 is 0. The molecule has 0 unspecified atom stereocenters. The smallest absolute Gasteiger partial charge is 0.129 e. The molecule has 0 N–H and O–H groups in total. The molecule has 4 nitrogen and oxygen atoms in total. The molecule has 0 amide bonds. The fourth-order valence-electron chi connectivity index (χ4n) is 2.83. The molecule has 0 radical (unpaired) electrons. The van der Waals surface area contributed by atoms with Gasteiger partial charge in [0.2, 0.25) is 0 Å². The molecule has 1 aliphatic heterocycles. The first kappa shape index (κ1) is 13.3. The van der Waals surface area contributed by atoms with Crippen molar-refractivity contribution < 1.29 is 9.15 Å². The molecule has 3 heterocycles. The Kier molecular flexibility index (Phi) is 4.14. The maximum absolute atomic E-state index is 5.89. The second-order valence-electron chi connectivity index (χ2n) is 5.19. The summed E-state index contributed by atoms with van der Waals surface area (Å²) in [5.41, 5.74) is 1.11. The number of rotatable bonds is 5. The van der Waals surface area contributed by atoms with Gasteiger partial charge in [-0.2, -0.15) is 0 Å². The SMILES string of the molecule is COCc1ccc([C@@H]2CCCN2Cc2ccccn2)o1. The number of nitrogens with zero attached hydrogens (tertiary/aromatic N) is 2. The van der Waals surface area contributed by atoms with Crippen LogP contribution in [0.2, 0.25) is 0 Å². The van der Waals surface area contributed by atoms with Crippen LogP contribution in [0.5, 0.6) is 0 Å². The Bertz CT molecular complexity index is 538. The number of methoxy groups -OCH3 is 1. The minimum absolute atomic E-state index is 0.364. The van der Waals surface area contributed by atoms with E-state index in [1.807, 2.05) is 24.4 Å². The van der Waals surface area contributed by atoms with Gasteiger partial charge in [0.1, 0.15) is 18.1 Å². The van der Waals surface area contributed by atoms with Crippen molar-refractivity contribution in [3.63, 3.8) is 0 Å². The van der Waals surface area contributed by atoms with Crippen molar-refractivity contribution in [1.29, 1.82) is 0 Å². The van der Waals surface area contributed by atoms with E-state index in [1.165, 1.54) is 6.42 Å². The summed E-state index contributed by atoms with van der Waals surface area (Å²) in [6.45, 7) is 2.51. The summed E-state index contributed by atoms with van der Waals surface area (Å²) in [4.78, 5) is 6.85. The van der Waals surface area contributed by atoms with Crippen LogP contribution in [0, 0.1) is 0 Å². The van der Waals surface area contributed by atoms with E-state index < -0.39 is 0 Å². The number of aromatic nitrogens is 1. The molecular formula is C16H20N2O2. The van der Waals surface area contributed by atoms with Crippen LogP contribution < -0.4 is 0 Å². The standard InChI is InChI=1S/C16H20N2O2/c1-19-12-14-7-8-16(20-14)15-6-4-10-18(15)11-13-5-2-3-9-17-13/h2-3,5,7-9,15H,4,6,10-12H2,1H3/t15-/m0/s1. The van der Waals surface area contributed by atoms with E-state index in [2.05, 4.69) is 22.0 Å². The van der Waals surface area contributed by atoms with E-state index in [0.717, 1.165) is 36.7 Å². The van der Waals surface area contributed by atoms with Gasteiger partial charge in [0, 0.05) is 19.9 Å². The van der Waals surface area contributed by atoms with E-state index in [-0.39, 0.29) is 0 Å². The lowest BCUT2D eigenvalue weighted by Gasteiger charge is -2.22.